The maximum absolute atomic E-state index is 11.9. The molecule has 16 heavy (non-hydrogen) atoms. The number of H-pyrrole nitrogens is 1. The second-order valence-corrected chi connectivity index (χ2v) is 3.72. The van der Waals surface area contributed by atoms with Gasteiger partial charge in [0.2, 0.25) is 0 Å². The Morgan fingerprint density at radius 1 is 1.56 bits per heavy atom. The normalized spacial score (nSPS) is 10.2. The minimum absolute atomic E-state index is 0.184. The number of hydrogen-bond donors (Lipinski definition) is 2. The SMILES string of the molecule is CNCCN(C)C(=O)c1c[nH]c(C)cc1=O. The number of rotatable bonds is 4. The number of pyridine rings is 1. The van der Waals surface area contributed by atoms with Crippen molar-refractivity contribution in [3.05, 3.63) is 33.7 Å². The lowest BCUT2D eigenvalue weighted by atomic mass is 10.2. The number of aromatic amines is 1. The Bertz CT molecular complexity index is 425. The van der Waals surface area contributed by atoms with Crippen LogP contribution in [0.1, 0.15) is 16.1 Å². The minimum atomic E-state index is -0.253. The monoisotopic (exact) mass is 223 g/mol. The summed E-state index contributed by atoms with van der Waals surface area (Å²) in [4.78, 5) is 27.8. The van der Waals surface area contributed by atoms with Gasteiger partial charge in [-0.15, -0.1) is 0 Å². The third kappa shape index (κ3) is 2.93. The van der Waals surface area contributed by atoms with E-state index in [1.165, 1.54) is 17.2 Å². The van der Waals surface area contributed by atoms with Crippen LogP contribution in [0, 0.1) is 6.92 Å². The Balaban J connectivity index is 2.84. The maximum Gasteiger partial charge on any atom is 0.259 e. The van der Waals surface area contributed by atoms with Gasteiger partial charge < -0.3 is 15.2 Å². The third-order valence-corrected chi connectivity index (χ3v) is 2.33. The summed E-state index contributed by atoms with van der Waals surface area (Å²) in [6.45, 7) is 3.05. The van der Waals surface area contributed by atoms with Crippen molar-refractivity contribution in [3.8, 4) is 0 Å². The number of hydrogen-bond acceptors (Lipinski definition) is 3. The van der Waals surface area contributed by atoms with Gasteiger partial charge in [0.25, 0.3) is 5.91 Å². The van der Waals surface area contributed by atoms with Crippen LogP contribution in [0.15, 0.2) is 17.1 Å². The molecule has 1 heterocycles. The molecule has 0 aliphatic heterocycles. The van der Waals surface area contributed by atoms with Crippen molar-refractivity contribution in [3.63, 3.8) is 0 Å². The van der Waals surface area contributed by atoms with Gasteiger partial charge in [0.15, 0.2) is 5.43 Å². The molecule has 88 valence electrons. The summed E-state index contributed by atoms with van der Waals surface area (Å²) in [6, 6.07) is 1.43. The quantitative estimate of drug-likeness (QED) is 0.753. The zero-order valence-electron chi connectivity index (χ0n) is 9.83. The van der Waals surface area contributed by atoms with E-state index >= 15 is 0 Å². The molecule has 0 unspecified atom stereocenters. The fourth-order valence-electron chi connectivity index (χ4n) is 1.33. The van der Waals surface area contributed by atoms with Crippen molar-refractivity contribution in [2.24, 2.45) is 0 Å². The molecule has 0 radical (unpaired) electrons. The lowest BCUT2D eigenvalue weighted by Crippen LogP contribution is -2.35. The fraction of sp³-hybridized carbons (Fsp3) is 0.455. The standard InChI is InChI=1S/C11H17N3O2/c1-8-6-10(15)9(7-13-8)11(16)14(3)5-4-12-2/h6-7,12H,4-5H2,1-3H3,(H,13,15). The molecular formula is C11H17N3O2. The highest BCUT2D eigenvalue weighted by molar-refractivity contribution is 5.93. The first-order valence-corrected chi connectivity index (χ1v) is 5.15. The van der Waals surface area contributed by atoms with Crippen LogP contribution in [0.25, 0.3) is 0 Å². The van der Waals surface area contributed by atoms with Gasteiger partial charge in [-0.25, -0.2) is 0 Å². The van der Waals surface area contributed by atoms with Crippen molar-refractivity contribution < 1.29 is 4.79 Å². The predicted octanol–water partition coefficient (Wildman–Crippen LogP) is -0.0253. The van der Waals surface area contributed by atoms with E-state index in [1.54, 1.807) is 14.0 Å². The molecular weight excluding hydrogens is 206 g/mol. The highest BCUT2D eigenvalue weighted by Crippen LogP contribution is 1.97. The Labute approximate surface area is 94.5 Å². The van der Waals surface area contributed by atoms with Crippen molar-refractivity contribution in [2.45, 2.75) is 6.92 Å². The highest BCUT2D eigenvalue weighted by atomic mass is 16.2. The van der Waals surface area contributed by atoms with E-state index < -0.39 is 0 Å². The van der Waals surface area contributed by atoms with E-state index in [2.05, 4.69) is 10.3 Å². The van der Waals surface area contributed by atoms with Crippen LogP contribution in [-0.2, 0) is 0 Å². The molecule has 0 aliphatic carbocycles. The summed E-state index contributed by atoms with van der Waals surface area (Å²) in [5.41, 5.74) is 0.696. The largest absolute Gasteiger partial charge is 0.364 e. The van der Waals surface area contributed by atoms with Gasteiger partial charge in [-0.1, -0.05) is 0 Å². The smallest absolute Gasteiger partial charge is 0.259 e. The van der Waals surface area contributed by atoms with Crippen molar-refractivity contribution in [1.29, 1.82) is 0 Å². The first kappa shape index (κ1) is 12.4. The van der Waals surface area contributed by atoms with Gasteiger partial charge in [-0.05, 0) is 14.0 Å². The Morgan fingerprint density at radius 3 is 2.81 bits per heavy atom. The van der Waals surface area contributed by atoms with Gasteiger partial charge in [0.1, 0.15) is 5.56 Å². The number of likely N-dealkylation sites (N-methyl/N-ethyl adjacent to an activating group) is 2. The molecule has 1 aromatic heterocycles. The van der Waals surface area contributed by atoms with Crippen molar-refractivity contribution in [1.82, 2.24) is 15.2 Å². The Morgan fingerprint density at radius 2 is 2.25 bits per heavy atom. The number of aromatic nitrogens is 1. The van der Waals surface area contributed by atoms with Crippen LogP contribution >= 0.6 is 0 Å². The molecule has 0 saturated heterocycles. The van der Waals surface area contributed by atoms with Crippen LogP contribution < -0.4 is 10.7 Å². The summed E-state index contributed by atoms with van der Waals surface area (Å²) < 4.78 is 0. The molecule has 5 heteroatoms. The van der Waals surface area contributed by atoms with Gasteiger partial charge >= 0.3 is 0 Å². The van der Waals surface area contributed by atoms with Gasteiger partial charge in [-0.3, -0.25) is 9.59 Å². The van der Waals surface area contributed by atoms with E-state index in [4.69, 9.17) is 0 Å². The molecule has 0 aromatic carbocycles. The summed E-state index contributed by atoms with van der Waals surface area (Å²) in [7, 11) is 3.50. The van der Waals surface area contributed by atoms with Crippen LogP contribution in [0.4, 0.5) is 0 Å². The number of nitrogens with zero attached hydrogens (tertiary/aromatic N) is 1. The molecule has 0 atom stereocenters. The number of nitrogens with one attached hydrogen (secondary N) is 2. The molecule has 0 saturated carbocycles. The Kier molecular flexibility index (Phi) is 4.25. The second kappa shape index (κ2) is 5.46. The molecule has 0 bridgehead atoms. The molecule has 1 aromatic rings. The molecule has 0 spiro atoms. The summed E-state index contributed by atoms with van der Waals surface area (Å²) in [5, 5.41) is 2.95. The van der Waals surface area contributed by atoms with Crippen LogP contribution in [0.2, 0.25) is 0 Å². The first-order chi connectivity index (χ1) is 7.56. The molecule has 1 rings (SSSR count). The number of carbonyl (C=O) groups is 1. The average molecular weight is 223 g/mol. The van der Waals surface area contributed by atoms with Crippen LogP contribution in [0.5, 0.6) is 0 Å². The minimum Gasteiger partial charge on any atom is -0.364 e. The zero-order valence-corrected chi connectivity index (χ0v) is 9.83. The first-order valence-electron chi connectivity index (χ1n) is 5.15. The highest BCUT2D eigenvalue weighted by Gasteiger charge is 2.14. The fourth-order valence-corrected chi connectivity index (χ4v) is 1.33. The number of amides is 1. The van der Waals surface area contributed by atoms with Gasteiger partial charge in [-0.2, -0.15) is 0 Å². The van der Waals surface area contributed by atoms with E-state index in [-0.39, 0.29) is 16.9 Å². The summed E-state index contributed by atoms with van der Waals surface area (Å²) in [5.74, 6) is -0.253. The number of carbonyl (C=O) groups excluding carboxylic acids is 1. The van der Waals surface area contributed by atoms with Gasteiger partial charge in [0.05, 0.1) is 0 Å². The molecule has 0 aliphatic rings. The van der Waals surface area contributed by atoms with Crippen molar-refractivity contribution in [2.75, 3.05) is 27.2 Å². The third-order valence-electron chi connectivity index (χ3n) is 2.33. The zero-order chi connectivity index (χ0) is 12.1. The summed E-state index contributed by atoms with van der Waals surface area (Å²) in [6.07, 6.45) is 1.47. The molecule has 1 amide bonds. The molecule has 2 N–H and O–H groups in total. The molecule has 5 nitrogen and oxygen atoms in total. The lowest BCUT2D eigenvalue weighted by Gasteiger charge is -2.16. The van der Waals surface area contributed by atoms with E-state index in [0.717, 1.165) is 5.69 Å². The number of aryl methyl sites for hydroxylation is 1. The second-order valence-electron chi connectivity index (χ2n) is 3.72. The van der Waals surface area contributed by atoms with E-state index in [1.807, 2.05) is 7.05 Å². The van der Waals surface area contributed by atoms with E-state index in [0.29, 0.717) is 13.1 Å². The van der Waals surface area contributed by atoms with Crippen molar-refractivity contribution >= 4 is 5.91 Å². The lowest BCUT2D eigenvalue weighted by molar-refractivity contribution is 0.0795. The maximum atomic E-state index is 11.9. The molecule has 0 fully saturated rings. The summed E-state index contributed by atoms with van der Waals surface area (Å²) >= 11 is 0. The average Bonchev–Trinajstić information content (AvgIpc) is 2.25. The Hall–Kier alpha value is -1.62. The topological polar surface area (TPSA) is 65.2 Å². The van der Waals surface area contributed by atoms with Crippen LogP contribution in [0.3, 0.4) is 0 Å². The van der Waals surface area contributed by atoms with Crippen LogP contribution in [-0.4, -0.2) is 43.0 Å². The van der Waals surface area contributed by atoms with Gasteiger partial charge in [0, 0.05) is 38.1 Å². The van der Waals surface area contributed by atoms with E-state index in [9.17, 15) is 9.59 Å². The predicted molar refractivity (Wildman–Crippen MR) is 62.7 cm³/mol.